The highest BCUT2D eigenvalue weighted by atomic mass is 35.5. The van der Waals surface area contributed by atoms with E-state index in [0.29, 0.717) is 33.8 Å². The van der Waals surface area contributed by atoms with Gasteiger partial charge in [0.25, 0.3) is 5.91 Å². The van der Waals surface area contributed by atoms with E-state index >= 15 is 0 Å². The topological polar surface area (TPSA) is 103 Å². The maximum absolute atomic E-state index is 12.3. The predicted molar refractivity (Wildman–Crippen MR) is 152 cm³/mol. The summed E-state index contributed by atoms with van der Waals surface area (Å²) >= 11 is 5.94. The second-order valence-electron chi connectivity index (χ2n) is 9.28. The number of hydrogen-bond acceptors (Lipinski definition) is 6. The van der Waals surface area contributed by atoms with E-state index in [2.05, 4.69) is 36.6 Å². The van der Waals surface area contributed by atoms with Gasteiger partial charge in [-0.15, -0.1) is 0 Å². The van der Waals surface area contributed by atoms with Crippen LogP contribution >= 0.6 is 11.6 Å². The van der Waals surface area contributed by atoms with Gasteiger partial charge in [-0.25, -0.2) is 0 Å². The Labute approximate surface area is 233 Å². The summed E-state index contributed by atoms with van der Waals surface area (Å²) < 4.78 is 16.3. The molecule has 3 aromatic carbocycles. The lowest BCUT2D eigenvalue weighted by atomic mass is 10.0. The molecule has 9 heteroatoms. The molecule has 0 fully saturated rings. The van der Waals surface area contributed by atoms with Gasteiger partial charge in [-0.05, 0) is 78.9 Å². The maximum atomic E-state index is 12.3. The van der Waals surface area contributed by atoms with E-state index in [4.69, 9.17) is 25.8 Å². The van der Waals surface area contributed by atoms with Crippen LogP contribution in [0.15, 0.2) is 60.7 Å². The zero-order chi connectivity index (χ0) is 28.4. The van der Waals surface area contributed by atoms with Gasteiger partial charge in [-0.3, -0.25) is 14.4 Å². The van der Waals surface area contributed by atoms with Crippen molar-refractivity contribution in [2.45, 2.75) is 46.0 Å². The number of benzene rings is 3. The highest BCUT2D eigenvalue weighted by Crippen LogP contribution is 2.32. The largest absolute Gasteiger partial charge is 0.495 e. The summed E-state index contributed by atoms with van der Waals surface area (Å²) in [5, 5.41) is 5.82. The minimum Gasteiger partial charge on any atom is -0.495 e. The molecule has 0 atom stereocenters. The van der Waals surface area contributed by atoms with Crippen LogP contribution in [-0.4, -0.2) is 31.5 Å². The molecule has 0 radical (unpaired) electrons. The highest BCUT2D eigenvalue weighted by molar-refractivity contribution is 6.31. The summed E-state index contributed by atoms with van der Waals surface area (Å²) in [5.41, 5.74) is 3.23. The Morgan fingerprint density at radius 2 is 1.62 bits per heavy atom. The molecule has 0 aliphatic rings. The fraction of sp³-hybridized carbons (Fsp3) is 0.300. The van der Waals surface area contributed by atoms with Crippen molar-refractivity contribution in [3.8, 4) is 17.2 Å². The van der Waals surface area contributed by atoms with E-state index < -0.39 is 18.5 Å². The summed E-state index contributed by atoms with van der Waals surface area (Å²) in [6, 6.07) is 18.1. The van der Waals surface area contributed by atoms with E-state index in [-0.39, 0.29) is 25.2 Å². The van der Waals surface area contributed by atoms with Gasteiger partial charge in [-0.2, -0.15) is 0 Å². The summed E-state index contributed by atoms with van der Waals surface area (Å²) in [4.78, 5) is 36.4. The second-order valence-corrected chi connectivity index (χ2v) is 9.71. The fourth-order valence-electron chi connectivity index (χ4n) is 3.74. The van der Waals surface area contributed by atoms with Gasteiger partial charge >= 0.3 is 5.97 Å². The number of carbonyl (C=O) groups is 3. The Morgan fingerprint density at radius 1 is 0.872 bits per heavy atom. The van der Waals surface area contributed by atoms with Crippen molar-refractivity contribution >= 4 is 40.8 Å². The van der Waals surface area contributed by atoms with Crippen LogP contribution in [0.5, 0.6) is 17.2 Å². The lowest BCUT2D eigenvalue weighted by Crippen LogP contribution is -2.21. The van der Waals surface area contributed by atoms with Gasteiger partial charge in [-0.1, -0.05) is 37.6 Å². The first kappa shape index (κ1) is 29.5. The molecule has 0 bridgehead atoms. The van der Waals surface area contributed by atoms with Gasteiger partial charge in [0.05, 0.1) is 12.8 Å². The predicted octanol–water partition coefficient (Wildman–Crippen LogP) is 6.86. The molecule has 39 heavy (non-hydrogen) atoms. The Hall–Kier alpha value is -4.04. The Balaban J connectivity index is 1.39. The van der Waals surface area contributed by atoms with Crippen LogP contribution in [0.4, 0.5) is 11.4 Å². The zero-order valence-electron chi connectivity index (χ0n) is 22.5. The first-order valence-electron chi connectivity index (χ1n) is 12.6. The molecule has 3 aromatic rings. The number of rotatable bonds is 12. The summed E-state index contributed by atoms with van der Waals surface area (Å²) in [6.45, 7) is 5.79. The lowest BCUT2D eigenvalue weighted by molar-refractivity contribution is -0.147. The van der Waals surface area contributed by atoms with Crippen LogP contribution in [0.2, 0.25) is 5.02 Å². The molecule has 8 nitrogen and oxygen atoms in total. The number of carbonyl (C=O) groups excluding carboxylic acids is 3. The van der Waals surface area contributed by atoms with Gasteiger partial charge < -0.3 is 24.8 Å². The van der Waals surface area contributed by atoms with Gasteiger partial charge in [0.1, 0.15) is 17.2 Å². The zero-order valence-corrected chi connectivity index (χ0v) is 23.3. The molecular formula is C30H33ClN2O6. The fourth-order valence-corrected chi connectivity index (χ4v) is 3.91. The van der Waals surface area contributed by atoms with E-state index in [1.54, 1.807) is 36.4 Å². The summed E-state index contributed by atoms with van der Waals surface area (Å²) in [7, 11) is 1.47. The number of esters is 1. The number of methoxy groups -OCH3 is 1. The van der Waals surface area contributed by atoms with E-state index in [9.17, 15) is 14.4 Å². The second kappa shape index (κ2) is 14.2. The first-order valence-corrected chi connectivity index (χ1v) is 13.0. The standard InChI is InChI=1S/C30H33ClN2O6/c1-19(2)24-14-8-20(3)16-27(24)39-23-12-10-22(11-13-23)32-28(34)6-5-7-30(36)38-18-29(35)33-25-17-21(31)9-15-26(25)37-4/h8-17,19H,5-7,18H2,1-4H3,(H,32,34)(H,33,35). The van der Waals surface area contributed by atoms with Crippen molar-refractivity contribution < 1.29 is 28.6 Å². The summed E-state index contributed by atoms with van der Waals surface area (Å²) in [5.74, 6) is 0.899. The van der Waals surface area contributed by atoms with Gasteiger partial charge in [0.15, 0.2) is 6.61 Å². The number of anilines is 2. The molecule has 0 spiro atoms. The third-order valence-corrected chi connectivity index (χ3v) is 5.98. The van der Waals surface area contributed by atoms with Crippen molar-refractivity contribution in [3.63, 3.8) is 0 Å². The smallest absolute Gasteiger partial charge is 0.306 e. The van der Waals surface area contributed by atoms with Crippen LogP contribution in [-0.2, 0) is 19.1 Å². The average Bonchev–Trinajstić information content (AvgIpc) is 2.88. The van der Waals surface area contributed by atoms with E-state index in [0.717, 1.165) is 16.9 Å². The monoisotopic (exact) mass is 552 g/mol. The van der Waals surface area contributed by atoms with Crippen molar-refractivity contribution in [3.05, 3.63) is 76.8 Å². The Kier molecular flexibility index (Phi) is 10.8. The number of aryl methyl sites for hydroxylation is 1. The minimum atomic E-state index is -0.575. The van der Waals surface area contributed by atoms with Crippen molar-refractivity contribution in [2.24, 2.45) is 0 Å². The van der Waals surface area contributed by atoms with Crippen LogP contribution in [0.1, 0.15) is 50.2 Å². The first-order chi connectivity index (χ1) is 18.6. The van der Waals surface area contributed by atoms with Crippen LogP contribution in [0.3, 0.4) is 0 Å². The third kappa shape index (κ3) is 9.33. The molecule has 0 saturated heterocycles. The van der Waals surface area contributed by atoms with Crippen molar-refractivity contribution in [2.75, 3.05) is 24.4 Å². The maximum Gasteiger partial charge on any atom is 0.306 e. The summed E-state index contributed by atoms with van der Waals surface area (Å²) in [6.07, 6.45) is 0.407. The molecule has 206 valence electrons. The molecule has 0 aliphatic carbocycles. The van der Waals surface area contributed by atoms with Gasteiger partial charge in [0.2, 0.25) is 5.91 Å². The number of amides is 2. The van der Waals surface area contributed by atoms with Crippen molar-refractivity contribution in [1.82, 2.24) is 0 Å². The number of ether oxygens (including phenoxy) is 3. The molecule has 2 amide bonds. The van der Waals surface area contributed by atoms with E-state index in [1.165, 1.54) is 13.2 Å². The molecule has 0 aliphatic heterocycles. The number of nitrogens with one attached hydrogen (secondary N) is 2. The quantitative estimate of drug-likeness (QED) is 0.238. The van der Waals surface area contributed by atoms with Gasteiger partial charge in [0, 0.05) is 23.6 Å². The molecule has 0 saturated carbocycles. The van der Waals surface area contributed by atoms with Crippen LogP contribution < -0.4 is 20.1 Å². The lowest BCUT2D eigenvalue weighted by Gasteiger charge is -2.15. The molecule has 0 heterocycles. The SMILES string of the molecule is COc1ccc(Cl)cc1NC(=O)COC(=O)CCCC(=O)Nc1ccc(Oc2cc(C)ccc2C(C)C)cc1. The molecule has 0 aromatic heterocycles. The van der Waals surface area contributed by atoms with Crippen LogP contribution in [0, 0.1) is 6.92 Å². The Morgan fingerprint density at radius 3 is 2.31 bits per heavy atom. The van der Waals surface area contributed by atoms with Crippen LogP contribution in [0.25, 0.3) is 0 Å². The molecular weight excluding hydrogens is 520 g/mol. The molecule has 0 unspecified atom stereocenters. The number of halogens is 1. The average molecular weight is 553 g/mol. The molecule has 3 rings (SSSR count). The normalized spacial score (nSPS) is 10.6. The molecule has 2 N–H and O–H groups in total. The van der Waals surface area contributed by atoms with E-state index in [1.807, 2.05) is 13.0 Å². The number of hydrogen-bond donors (Lipinski definition) is 2. The van der Waals surface area contributed by atoms with Crippen molar-refractivity contribution in [1.29, 1.82) is 0 Å². The minimum absolute atomic E-state index is 0.00262. The third-order valence-electron chi connectivity index (χ3n) is 5.74. The highest BCUT2D eigenvalue weighted by Gasteiger charge is 2.13. The Bertz CT molecular complexity index is 1310.